The zero-order valence-corrected chi connectivity index (χ0v) is 23.7. The molecule has 0 aliphatic heterocycles. The first-order chi connectivity index (χ1) is 16.8. The fourth-order valence-electron chi connectivity index (χ4n) is 4.97. The van der Waals surface area contributed by atoms with Crippen LogP contribution in [0.4, 0.5) is 0 Å². The SMILES string of the molecule is O=C(O)CCCCCCCCCCCCCCCCCCCCCCCCCCCCCCCl. The van der Waals surface area contributed by atoms with Gasteiger partial charge in [-0.15, -0.1) is 11.6 Å². The molecule has 0 heterocycles. The molecule has 1 N–H and O–H groups in total. The average molecular weight is 501 g/mol. The number of aliphatic carboxylic acids is 1. The lowest BCUT2D eigenvalue weighted by atomic mass is 10.0. The van der Waals surface area contributed by atoms with Crippen molar-refractivity contribution >= 4 is 17.6 Å². The molecule has 0 unspecified atom stereocenters. The molecule has 0 aromatic rings. The largest absolute Gasteiger partial charge is 0.481 e. The third-order valence-corrected chi connectivity index (χ3v) is 7.54. The van der Waals surface area contributed by atoms with Crippen LogP contribution < -0.4 is 0 Å². The van der Waals surface area contributed by atoms with Crippen LogP contribution in [-0.4, -0.2) is 17.0 Å². The van der Waals surface area contributed by atoms with Crippen LogP contribution in [0, 0.1) is 0 Å². The van der Waals surface area contributed by atoms with E-state index in [1.54, 1.807) is 0 Å². The van der Waals surface area contributed by atoms with E-state index in [0.717, 1.165) is 18.7 Å². The van der Waals surface area contributed by atoms with E-state index in [1.807, 2.05) is 0 Å². The summed E-state index contributed by atoms with van der Waals surface area (Å²) >= 11 is 5.71. The summed E-state index contributed by atoms with van der Waals surface area (Å²) in [7, 11) is 0. The molecule has 2 nitrogen and oxygen atoms in total. The van der Waals surface area contributed by atoms with Crippen molar-refractivity contribution in [2.45, 2.75) is 186 Å². The minimum Gasteiger partial charge on any atom is -0.481 e. The van der Waals surface area contributed by atoms with Gasteiger partial charge in [0.15, 0.2) is 0 Å². The molecule has 0 aliphatic rings. The van der Waals surface area contributed by atoms with Crippen molar-refractivity contribution in [1.82, 2.24) is 0 Å². The highest BCUT2D eigenvalue weighted by Crippen LogP contribution is 2.16. The number of carboxylic acid groups (broad SMARTS) is 1. The lowest BCUT2D eigenvalue weighted by molar-refractivity contribution is -0.137. The molecule has 0 radical (unpaired) electrons. The summed E-state index contributed by atoms with van der Waals surface area (Å²) in [6.07, 6.45) is 38.8. The Kier molecular flexibility index (Phi) is 30.6. The molecule has 3 heteroatoms. The summed E-state index contributed by atoms with van der Waals surface area (Å²) in [5, 5.41) is 8.61. The molecule has 0 atom stereocenters. The van der Waals surface area contributed by atoms with E-state index in [-0.39, 0.29) is 0 Å². The monoisotopic (exact) mass is 500 g/mol. The number of halogens is 1. The number of carboxylic acids is 1. The Bertz CT molecular complexity index is 386. The molecule has 0 amide bonds. The first-order valence-corrected chi connectivity index (χ1v) is 16.1. The van der Waals surface area contributed by atoms with Gasteiger partial charge in [0.25, 0.3) is 0 Å². The zero-order valence-electron chi connectivity index (χ0n) is 22.9. The van der Waals surface area contributed by atoms with E-state index in [1.165, 1.54) is 167 Å². The van der Waals surface area contributed by atoms with Crippen molar-refractivity contribution < 1.29 is 9.90 Å². The van der Waals surface area contributed by atoms with Crippen molar-refractivity contribution in [3.05, 3.63) is 0 Å². The smallest absolute Gasteiger partial charge is 0.303 e. The van der Waals surface area contributed by atoms with E-state index in [0.29, 0.717) is 6.42 Å². The van der Waals surface area contributed by atoms with E-state index >= 15 is 0 Å². The van der Waals surface area contributed by atoms with Crippen LogP contribution in [0.5, 0.6) is 0 Å². The van der Waals surface area contributed by atoms with Gasteiger partial charge < -0.3 is 5.11 Å². The Balaban J connectivity index is 3.01. The fourth-order valence-corrected chi connectivity index (χ4v) is 5.16. The van der Waals surface area contributed by atoms with Crippen molar-refractivity contribution in [2.24, 2.45) is 0 Å². The maximum Gasteiger partial charge on any atom is 0.303 e. The number of hydrogen-bond acceptors (Lipinski definition) is 1. The molecular formula is C31H61ClO2. The first-order valence-electron chi connectivity index (χ1n) is 15.5. The van der Waals surface area contributed by atoms with Crippen molar-refractivity contribution in [3.8, 4) is 0 Å². The van der Waals surface area contributed by atoms with Gasteiger partial charge in [0, 0.05) is 12.3 Å². The first kappa shape index (κ1) is 33.8. The molecule has 0 aromatic carbocycles. The summed E-state index contributed by atoms with van der Waals surface area (Å²) in [5.74, 6) is 0.187. The van der Waals surface area contributed by atoms with E-state index < -0.39 is 5.97 Å². The van der Waals surface area contributed by atoms with Crippen LogP contribution in [0.15, 0.2) is 0 Å². The lowest BCUT2D eigenvalue weighted by Crippen LogP contribution is -1.93. The van der Waals surface area contributed by atoms with Crippen molar-refractivity contribution in [2.75, 3.05) is 5.88 Å². The molecule has 34 heavy (non-hydrogen) atoms. The molecule has 0 aliphatic carbocycles. The summed E-state index contributed by atoms with van der Waals surface area (Å²) in [6, 6.07) is 0. The molecule has 0 saturated heterocycles. The number of hydrogen-bond donors (Lipinski definition) is 1. The molecular weight excluding hydrogens is 440 g/mol. The molecule has 0 spiro atoms. The Morgan fingerprint density at radius 2 is 0.529 bits per heavy atom. The van der Waals surface area contributed by atoms with Crippen LogP contribution in [0.2, 0.25) is 0 Å². The van der Waals surface area contributed by atoms with Gasteiger partial charge in [0.1, 0.15) is 0 Å². The second-order valence-electron chi connectivity index (χ2n) is 10.7. The normalized spacial score (nSPS) is 11.3. The van der Waals surface area contributed by atoms with Gasteiger partial charge in [-0.05, 0) is 12.8 Å². The van der Waals surface area contributed by atoms with E-state index in [2.05, 4.69) is 0 Å². The van der Waals surface area contributed by atoms with Gasteiger partial charge >= 0.3 is 5.97 Å². The summed E-state index contributed by atoms with van der Waals surface area (Å²) in [4.78, 5) is 10.5. The van der Waals surface area contributed by atoms with Crippen LogP contribution in [0.1, 0.15) is 186 Å². The minimum atomic E-state index is -0.650. The summed E-state index contributed by atoms with van der Waals surface area (Å²) in [5.41, 5.74) is 0. The Morgan fingerprint density at radius 3 is 0.706 bits per heavy atom. The van der Waals surface area contributed by atoms with Gasteiger partial charge in [-0.2, -0.15) is 0 Å². The van der Waals surface area contributed by atoms with Gasteiger partial charge in [0.05, 0.1) is 0 Å². The maximum atomic E-state index is 10.5. The third-order valence-electron chi connectivity index (χ3n) is 7.27. The quantitative estimate of drug-likeness (QED) is 0.0785. The van der Waals surface area contributed by atoms with Gasteiger partial charge in [-0.25, -0.2) is 0 Å². The number of alkyl halides is 1. The van der Waals surface area contributed by atoms with Crippen LogP contribution in [0.25, 0.3) is 0 Å². The number of unbranched alkanes of at least 4 members (excludes halogenated alkanes) is 27. The maximum absolute atomic E-state index is 10.5. The van der Waals surface area contributed by atoms with Gasteiger partial charge in [-0.1, -0.05) is 167 Å². The predicted molar refractivity (Wildman–Crippen MR) is 152 cm³/mol. The molecule has 0 aromatic heterocycles. The topological polar surface area (TPSA) is 37.3 Å². The Labute approximate surface area is 219 Å². The van der Waals surface area contributed by atoms with Crippen LogP contribution in [-0.2, 0) is 4.79 Å². The predicted octanol–water partition coefficient (Wildman–Crippen LogP) is 11.6. The fraction of sp³-hybridized carbons (Fsp3) is 0.968. The molecule has 0 bridgehead atoms. The second-order valence-corrected chi connectivity index (χ2v) is 11.1. The van der Waals surface area contributed by atoms with Crippen LogP contribution >= 0.6 is 11.6 Å². The zero-order chi connectivity index (χ0) is 24.8. The van der Waals surface area contributed by atoms with Crippen molar-refractivity contribution in [3.63, 3.8) is 0 Å². The molecule has 0 saturated carbocycles. The van der Waals surface area contributed by atoms with Gasteiger partial charge in [0.2, 0.25) is 0 Å². The Hall–Kier alpha value is -0.240. The summed E-state index contributed by atoms with van der Waals surface area (Å²) in [6.45, 7) is 0. The van der Waals surface area contributed by atoms with E-state index in [9.17, 15) is 4.79 Å². The third kappa shape index (κ3) is 31.8. The molecule has 0 rings (SSSR count). The highest BCUT2D eigenvalue weighted by Gasteiger charge is 1.98. The average Bonchev–Trinajstić information content (AvgIpc) is 2.83. The Morgan fingerprint density at radius 1 is 0.353 bits per heavy atom. The highest BCUT2D eigenvalue weighted by molar-refractivity contribution is 6.17. The lowest BCUT2D eigenvalue weighted by Gasteiger charge is -2.04. The standard InChI is InChI=1S/C31H61ClO2/c32-30-28-26-24-22-20-18-16-14-12-10-8-6-4-2-1-3-5-7-9-11-13-15-17-19-21-23-25-27-29-31(33)34/h1-30H2,(H,33,34). The minimum absolute atomic E-state index is 0.345. The van der Waals surface area contributed by atoms with Gasteiger partial charge in [-0.3, -0.25) is 4.79 Å². The van der Waals surface area contributed by atoms with Crippen molar-refractivity contribution in [1.29, 1.82) is 0 Å². The molecule has 0 fully saturated rings. The van der Waals surface area contributed by atoms with E-state index in [4.69, 9.17) is 16.7 Å². The number of rotatable bonds is 30. The second kappa shape index (κ2) is 30.8. The van der Waals surface area contributed by atoms with Crippen LogP contribution in [0.3, 0.4) is 0 Å². The number of carbonyl (C=O) groups is 1. The summed E-state index contributed by atoms with van der Waals surface area (Å²) < 4.78 is 0. The molecule has 204 valence electrons. The highest BCUT2D eigenvalue weighted by atomic mass is 35.5.